The summed E-state index contributed by atoms with van der Waals surface area (Å²) in [5.74, 6) is 0.548. The number of hydrogen-bond donors (Lipinski definition) is 0. The third kappa shape index (κ3) is 9.90. The zero-order valence-electron chi connectivity index (χ0n) is 34.6. The van der Waals surface area contributed by atoms with Crippen LogP contribution in [0.5, 0.6) is 5.75 Å². The van der Waals surface area contributed by atoms with E-state index in [4.69, 9.17) is 23.1 Å². The lowest BCUT2D eigenvalue weighted by molar-refractivity contribution is -0.180. The van der Waals surface area contributed by atoms with Crippen molar-refractivity contribution in [3.8, 4) is 5.75 Å². The zero-order chi connectivity index (χ0) is 38.8. The van der Waals surface area contributed by atoms with Gasteiger partial charge in [-0.05, 0) is 98.2 Å². The fourth-order valence-corrected chi connectivity index (χ4v) is 10.4. The van der Waals surface area contributed by atoms with E-state index in [1.54, 1.807) is 0 Å². The van der Waals surface area contributed by atoms with Crippen LogP contribution >= 0.6 is 0 Å². The minimum Gasteiger partial charge on any atom is -0.478 e. The quantitative estimate of drug-likeness (QED) is 0.147. The van der Waals surface area contributed by atoms with Gasteiger partial charge in [0.25, 0.3) is 0 Å². The molecule has 290 valence electrons. The minimum absolute atomic E-state index is 0.0284. The molecule has 9 atom stereocenters. The van der Waals surface area contributed by atoms with E-state index < -0.39 is 42.0 Å². The number of esters is 2. The van der Waals surface area contributed by atoms with E-state index in [1.165, 1.54) is 5.57 Å². The highest BCUT2D eigenvalue weighted by atomic mass is 28.3. The van der Waals surface area contributed by atoms with Gasteiger partial charge in [0, 0.05) is 17.8 Å². The highest BCUT2D eigenvalue weighted by Gasteiger charge is 2.55. The van der Waals surface area contributed by atoms with Crippen LogP contribution in [-0.4, -0.2) is 60.0 Å². The molecule has 1 aromatic rings. The van der Waals surface area contributed by atoms with Gasteiger partial charge in [-0.25, -0.2) is 9.59 Å². The van der Waals surface area contributed by atoms with Gasteiger partial charge >= 0.3 is 11.9 Å². The van der Waals surface area contributed by atoms with Crippen molar-refractivity contribution in [3.63, 3.8) is 0 Å². The maximum atomic E-state index is 14.3. The molecule has 0 amide bonds. The first kappa shape index (κ1) is 42.5. The molecule has 0 aromatic heterocycles. The Morgan fingerprint density at radius 1 is 1.00 bits per heavy atom. The van der Waals surface area contributed by atoms with E-state index in [2.05, 4.69) is 113 Å². The fourth-order valence-electron chi connectivity index (χ4n) is 8.50. The molecule has 1 fully saturated rings. The van der Waals surface area contributed by atoms with Crippen molar-refractivity contribution in [1.82, 2.24) is 0 Å². The molecule has 2 radical (unpaired) electrons. The van der Waals surface area contributed by atoms with Crippen molar-refractivity contribution in [3.05, 3.63) is 53.6 Å². The van der Waals surface area contributed by atoms with Crippen molar-refractivity contribution in [2.75, 3.05) is 0 Å². The number of carbonyl (C=O) groups excluding carboxylic acids is 2. The van der Waals surface area contributed by atoms with Crippen LogP contribution in [0.3, 0.4) is 0 Å². The molecule has 2 aliphatic carbocycles. The first-order chi connectivity index (χ1) is 24.2. The van der Waals surface area contributed by atoms with Crippen LogP contribution in [0.15, 0.2) is 48.1 Å². The van der Waals surface area contributed by atoms with Crippen LogP contribution in [0.4, 0.5) is 0 Å². The number of benzene rings is 1. The molecular weight excluding hydrogens is 685 g/mol. The molecule has 0 saturated carbocycles. The van der Waals surface area contributed by atoms with Crippen molar-refractivity contribution in [2.45, 2.75) is 163 Å². The Hall–Kier alpha value is -2.21. The number of cyclic esters (lactones) is 1. The molecule has 7 nitrogen and oxygen atoms in total. The van der Waals surface area contributed by atoms with E-state index in [1.807, 2.05) is 25.1 Å². The highest BCUT2D eigenvalue weighted by molar-refractivity contribution is 6.49. The third-order valence-electron chi connectivity index (χ3n) is 11.4. The first-order valence-corrected chi connectivity index (χ1v) is 24.5. The van der Waals surface area contributed by atoms with Gasteiger partial charge in [-0.2, -0.15) is 0 Å². The summed E-state index contributed by atoms with van der Waals surface area (Å²) in [5, 5.41) is 0. The van der Waals surface area contributed by atoms with E-state index in [9.17, 15) is 9.59 Å². The van der Waals surface area contributed by atoms with E-state index >= 15 is 0 Å². The molecule has 9 heteroatoms. The Morgan fingerprint density at radius 3 is 2.25 bits per heavy atom. The van der Waals surface area contributed by atoms with Gasteiger partial charge in [0.2, 0.25) is 18.1 Å². The van der Waals surface area contributed by atoms with Gasteiger partial charge in [0.15, 0.2) is 6.10 Å². The summed E-state index contributed by atoms with van der Waals surface area (Å²) in [6, 6.07) is 7.97. The van der Waals surface area contributed by atoms with Gasteiger partial charge in [0.05, 0.1) is 5.60 Å². The lowest BCUT2D eigenvalue weighted by Gasteiger charge is -2.54. The summed E-state index contributed by atoms with van der Waals surface area (Å²) < 4.78 is 32.8. The molecule has 52 heavy (non-hydrogen) atoms. The normalized spacial score (nSPS) is 30.2. The SMILES string of the molecule is CCC(Oc1ccccc1C(C)C)C(=O)O[C@H]1C[C@H](C(C)(C)C)C=C2C=C[C@H](C)[C@](CC[C@@H]3C[C@H](C(C)(C)C)C(O[Si](C)C)C(=O)O3)(O[Si](C)C)[C@H]21. The smallest absolute Gasteiger partial charge is 0.347 e. The number of rotatable bonds is 13. The average molecular weight is 753 g/mol. The van der Waals surface area contributed by atoms with E-state index in [0.29, 0.717) is 25.7 Å². The molecule has 1 aliphatic heterocycles. The van der Waals surface area contributed by atoms with Crippen molar-refractivity contribution in [2.24, 2.45) is 34.5 Å². The summed E-state index contributed by atoms with van der Waals surface area (Å²) in [6.45, 7) is 30.3. The molecule has 3 aliphatic rings. The largest absolute Gasteiger partial charge is 0.478 e. The second kappa shape index (κ2) is 17.1. The summed E-state index contributed by atoms with van der Waals surface area (Å²) in [4.78, 5) is 27.8. The zero-order valence-corrected chi connectivity index (χ0v) is 36.6. The molecule has 1 aromatic carbocycles. The Bertz CT molecular complexity index is 1440. The Labute approximate surface area is 319 Å². The van der Waals surface area contributed by atoms with E-state index in [-0.39, 0.29) is 58.5 Å². The summed E-state index contributed by atoms with van der Waals surface area (Å²) in [5.41, 5.74) is 1.46. The number of para-hydroxylation sites is 1. The Morgan fingerprint density at radius 2 is 1.67 bits per heavy atom. The maximum absolute atomic E-state index is 14.3. The number of fused-ring (bicyclic) bond motifs is 1. The molecule has 1 heterocycles. The van der Waals surface area contributed by atoms with Crippen LogP contribution in [0.25, 0.3) is 0 Å². The average Bonchev–Trinajstić information content (AvgIpc) is 3.03. The number of hydrogen-bond acceptors (Lipinski definition) is 7. The number of allylic oxidation sites excluding steroid dienone is 2. The van der Waals surface area contributed by atoms with Crippen LogP contribution in [0, 0.1) is 34.5 Å². The topological polar surface area (TPSA) is 80.3 Å². The number of ether oxygens (including phenoxy) is 3. The summed E-state index contributed by atoms with van der Waals surface area (Å²) in [6.07, 6.45) is 8.29. The molecule has 0 spiro atoms. The summed E-state index contributed by atoms with van der Waals surface area (Å²) >= 11 is 0. The van der Waals surface area contributed by atoms with E-state index in [0.717, 1.165) is 17.7 Å². The lowest BCUT2D eigenvalue weighted by Crippen LogP contribution is -2.58. The van der Waals surface area contributed by atoms with Crippen LogP contribution in [-0.2, 0) is 27.9 Å². The lowest BCUT2D eigenvalue weighted by atomic mass is 9.59. The molecule has 1 saturated heterocycles. The third-order valence-corrected chi connectivity index (χ3v) is 12.9. The maximum Gasteiger partial charge on any atom is 0.347 e. The van der Waals surface area contributed by atoms with Gasteiger partial charge in [-0.15, -0.1) is 0 Å². The van der Waals surface area contributed by atoms with Gasteiger partial charge in [-0.3, -0.25) is 0 Å². The second-order valence-corrected chi connectivity index (χ2v) is 22.5. The second-order valence-electron chi connectivity index (χ2n) is 18.4. The van der Waals surface area contributed by atoms with Crippen LogP contribution in [0.1, 0.15) is 113 Å². The highest BCUT2D eigenvalue weighted by Crippen LogP contribution is 2.53. The predicted octanol–water partition coefficient (Wildman–Crippen LogP) is 10.1. The van der Waals surface area contributed by atoms with Gasteiger partial charge < -0.3 is 23.1 Å². The Kier molecular flexibility index (Phi) is 14.0. The van der Waals surface area contributed by atoms with Crippen molar-refractivity contribution in [1.29, 1.82) is 0 Å². The first-order valence-electron chi connectivity index (χ1n) is 19.7. The monoisotopic (exact) mass is 752 g/mol. The molecular formula is C43H68O7Si2. The summed E-state index contributed by atoms with van der Waals surface area (Å²) in [7, 11) is -2.30. The van der Waals surface area contributed by atoms with Gasteiger partial charge in [0.1, 0.15) is 24.1 Å². The van der Waals surface area contributed by atoms with Crippen molar-refractivity contribution >= 4 is 30.0 Å². The number of carbonyl (C=O) groups is 2. The molecule has 4 rings (SSSR count). The molecule has 0 bridgehead atoms. The predicted molar refractivity (Wildman–Crippen MR) is 213 cm³/mol. The Balaban J connectivity index is 1.70. The van der Waals surface area contributed by atoms with Gasteiger partial charge in [-0.1, -0.05) is 106 Å². The molecule has 0 N–H and O–H groups in total. The van der Waals surface area contributed by atoms with Crippen LogP contribution < -0.4 is 4.74 Å². The van der Waals surface area contributed by atoms with Crippen molar-refractivity contribution < 1.29 is 32.7 Å². The molecule has 2 unspecified atom stereocenters. The van der Waals surface area contributed by atoms with Crippen LogP contribution in [0.2, 0.25) is 26.2 Å². The minimum atomic E-state index is -1.21. The standard InChI is InChI=1S/C43H68O7Si2/c1-15-34(47-35-19-17-16-18-32(35)27(2)3)39(44)48-36-25-30(41(5,6)7)24-29-21-20-28(4)43(37(29)36,50-52(13)14)23-22-31-26-33(42(8,9)10)38(40(45)46-31)49-51(11)12/h16-21,24,27-28,30-31,33-34,36-38H,15,22-23,25-26H2,1-14H3/t28-,30+,31+,33-,34?,36-,37+,38?,43-/m0/s1. The fraction of sp³-hybridized carbons (Fsp3) is 0.721.